The molecule has 0 aliphatic carbocycles. The van der Waals surface area contributed by atoms with E-state index >= 15 is 0 Å². The fourth-order valence-electron chi connectivity index (χ4n) is 2.04. The highest BCUT2D eigenvalue weighted by atomic mass is 79.9. The molecule has 0 bridgehead atoms. The normalized spacial score (nSPS) is 12.7. The van der Waals surface area contributed by atoms with E-state index in [4.69, 9.17) is 5.73 Å². The lowest BCUT2D eigenvalue weighted by atomic mass is 9.99. The van der Waals surface area contributed by atoms with Gasteiger partial charge < -0.3 is 5.73 Å². The van der Waals surface area contributed by atoms with Crippen molar-refractivity contribution in [1.29, 1.82) is 0 Å². The number of benzene rings is 1. The maximum Gasteiger partial charge on any atom is 0.0738 e. The maximum absolute atomic E-state index is 6.40. The highest BCUT2D eigenvalue weighted by Crippen LogP contribution is 2.31. The van der Waals surface area contributed by atoms with Crippen LogP contribution < -0.4 is 5.73 Å². The van der Waals surface area contributed by atoms with Crippen molar-refractivity contribution >= 4 is 31.9 Å². The Morgan fingerprint density at radius 1 is 1.33 bits per heavy atom. The monoisotopic (exact) mass is 371 g/mol. The second-order valence-electron chi connectivity index (χ2n) is 4.13. The summed E-state index contributed by atoms with van der Waals surface area (Å²) in [4.78, 5) is 0. The molecule has 96 valence electrons. The minimum atomic E-state index is -0.181. The van der Waals surface area contributed by atoms with Gasteiger partial charge in [0.05, 0.1) is 22.4 Å². The molecule has 3 nitrogen and oxygen atoms in total. The summed E-state index contributed by atoms with van der Waals surface area (Å²) in [7, 11) is 0. The first-order valence-corrected chi connectivity index (χ1v) is 7.36. The van der Waals surface area contributed by atoms with Gasteiger partial charge in [0.1, 0.15) is 0 Å². The van der Waals surface area contributed by atoms with Crippen LogP contribution in [0, 0.1) is 6.92 Å². The largest absolute Gasteiger partial charge is 0.319 e. The van der Waals surface area contributed by atoms with E-state index in [0.717, 1.165) is 26.7 Å². The molecule has 0 aliphatic heterocycles. The number of aromatic nitrogens is 2. The predicted octanol–water partition coefficient (Wildman–Crippen LogP) is 3.78. The molecular weight excluding hydrogens is 358 g/mol. The zero-order valence-electron chi connectivity index (χ0n) is 10.3. The summed E-state index contributed by atoms with van der Waals surface area (Å²) in [6, 6.07) is 5.91. The number of nitrogens with zero attached hydrogens (tertiary/aromatic N) is 2. The fraction of sp³-hybridized carbons (Fsp3) is 0.308. The molecule has 0 saturated heterocycles. The van der Waals surface area contributed by atoms with Crippen LogP contribution in [0.15, 0.2) is 33.3 Å². The van der Waals surface area contributed by atoms with Crippen LogP contribution in [0.25, 0.3) is 0 Å². The van der Waals surface area contributed by atoms with Gasteiger partial charge in [0.25, 0.3) is 0 Å². The third kappa shape index (κ3) is 2.39. The van der Waals surface area contributed by atoms with Crippen LogP contribution in [0.2, 0.25) is 0 Å². The molecule has 0 radical (unpaired) electrons. The molecule has 0 fully saturated rings. The van der Waals surface area contributed by atoms with Crippen LogP contribution in [-0.4, -0.2) is 9.78 Å². The lowest BCUT2D eigenvalue weighted by Crippen LogP contribution is -2.18. The molecule has 18 heavy (non-hydrogen) atoms. The van der Waals surface area contributed by atoms with E-state index in [2.05, 4.69) is 56.9 Å². The zero-order chi connectivity index (χ0) is 13.3. The molecule has 1 atom stereocenters. The average molecular weight is 373 g/mol. The van der Waals surface area contributed by atoms with Crippen molar-refractivity contribution in [3.05, 3.63) is 50.2 Å². The van der Waals surface area contributed by atoms with E-state index < -0.39 is 0 Å². The molecule has 1 heterocycles. The first-order valence-electron chi connectivity index (χ1n) is 5.78. The number of aryl methyl sites for hydroxylation is 1. The Balaban J connectivity index is 2.51. The number of hydrogen-bond acceptors (Lipinski definition) is 2. The first kappa shape index (κ1) is 13.8. The van der Waals surface area contributed by atoms with Crippen molar-refractivity contribution in [3.8, 4) is 0 Å². The second-order valence-corrected chi connectivity index (χ2v) is 5.83. The van der Waals surface area contributed by atoms with Gasteiger partial charge in [0, 0.05) is 11.0 Å². The van der Waals surface area contributed by atoms with Gasteiger partial charge in [-0.05, 0) is 47.0 Å². The van der Waals surface area contributed by atoms with Gasteiger partial charge in [-0.1, -0.05) is 28.1 Å². The number of rotatable bonds is 3. The highest BCUT2D eigenvalue weighted by Gasteiger charge is 2.19. The van der Waals surface area contributed by atoms with Gasteiger partial charge >= 0.3 is 0 Å². The van der Waals surface area contributed by atoms with Crippen LogP contribution in [0.5, 0.6) is 0 Å². The zero-order valence-corrected chi connectivity index (χ0v) is 13.5. The second kappa shape index (κ2) is 5.55. The molecule has 5 heteroatoms. The number of halogens is 2. The molecule has 2 N–H and O–H groups in total. The Bertz CT molecular complexity index is 563. The molecule has 1 unspecified atom stereocenters. The summed E-state index contributed by atoms with van der Waals surface area (Å²) in [5.74, 6) is 0. The van der Waals surface area contributed by atoms with Crippen molar-refractivity contribution < 1.29 is 0 Å². The van der Waals surface area contributed by atoms with Crippen LogP contribution in [0.4, 0.5) is 0 Å². The summed E-state index contributed by atoms with van der Waals surface area (Å²) < 4.78 is 3.96. The number of hydrogen-bond donors (Lipinski definition) is 1. The smallest absolute Gasteiger partial charge is 0.0738 e. The minimum absolute atomic E-state index is 0.181. The third-order valence-corrected chi connectivity index (χ3v) is 4.54. The van der Waals surface area contributed by atoms with Crippen LogP contribution in [0.1, 0.15) is 29.8 Å². The minimum Gasteiger partial charge on any atom is -0.319 e. The van der Waals surface area contributed by atoms with Crippen LogP contribution in [-0.2, 0) is 6.54 Å². The summed E-state index contributed by atoms with van der Waals surface area (Å²) in [5.41, 5.74) is 9.69. The van der Waals surface area contributed by atoms with Crippen LogP contribution >= 0.6 is 31.9 Å². The Morgan fingerprint density at radius 3 is 2.72 bits per heavy atom. The molecule has 1 aromatic heterocycles. The fourth-order valence-corrected chi connectivity index (χ4v) is 2.97. The molecule has 1 aromatic carbocycles. The Labute approximate surface area is 124 Å². The molecule has 0 amide bonds. The van der Waals surface area contributed by atoms with Gasteiger partial charge in [0.15, 0.2) is 0 Å². The maximum atomic E-state index is 6.40. The van der Waals surface area contributed by atoms with E-state index in [1.807, 2.05) is 16.8 Å². The molecule has 0 saturated carbocycles. The summed E-state index contributed by atoms with van der Waals surface area (Å²) in [5, 5.41) is 4.31. The lowest BCUT2D eigenvalue weighted by Gasteiger charge is -2.17. The van der Waals surface area contributed by atoms with E-state index in [-0.39, 0.29) is 6.04 Å². The highest BCUT2D eigenvalue weighted by molar-refractivity contribution is 9.10. The lowest BCUT2D eigenvalue weighted by molar-refractivity contribution is 0.598. The van der Waals surface area contributed by atoms with Crippen molar-refractivity contribution in [2.75, 3.05) is 0 Å². The van der Waals surface area contributed by atoms with Gasteiger partial charge in [-0.15, -0.1) is 0 Å². The van der Waals surface area contributed by atoms with E-state index in [0.29, 0.717) is 0 Å². The Hall–Kier alpha value is -0.650. The molecule has 2 aromatic rings. The summed E-state index contributed by atoms with van der Waals surface area (Å²) >= 11 is 7.07. The number of nitrogens with two attached hydrogens (primary N) is 1. The molecule has 0 spiro atoms. The van der Waals surface area contributed by atoms with Gasteiger partial charge in [-0.2, -0.15) is 5.10 Å². The van der Waals surface area contributed by atoms with Gasteiger partial charge in [0.2, 0.25) is 0 Å². The third-order valence-electron chi connectivity index (χ3n) is 3.07. The summed E-state index contributed by atoms with van der Waals surface area (Å²) in [6.07, 6.45) is 1.80. The van der Waals surface area contributed by atoms with E-state index in [1.165, 1.54) is 5.56 Å². The van der Waals surface area contributed by atoms with E-state index in [9.17, 15) is 0 Å². The van der Waals surface area contributed by atoms with Crippen molar-refractivity contribution in [1.82, 2.24) is 9.78 Å². The van der Waals surface area contributed by atoms with Crippen molar-refractivity contribution in [2.45, 2.75) is 26.4 Å². The first-order chi connectivity index (χ1) is 8.56. The molecular formula is C13H15Br2N3. The predicted molar refractivity (Wildman–Crippen MR) is 80.5 cm³/mol. The quantitative estimate of drug-likeness (QED) is 0.890. The molecule has 0 aliphatic rings. The average Bonchev–Trinajstić information content (AvgIpc) is 2.73. The Kier molecular flexibility index (Phi) is 4.25. The van der Waals surface area contributed by atoms with Gasteiger partial charge in [-0.3, -0.25) is 4.68 Å². The van der Waals surface area contributed by atoms with E-state index in [1.54, 1.807) is 6.20 Å². The molecule has 2 rings (SSSR count). The topological polar surface area (TPSA) is 43.8 Å². The summed E-state index contributed by atoms with van der Waals surface area (Å²) in [6.45, 7) is 4.94. The standard InChI is InChI=1S/C13H15Br2N3/c1-3-18-13(11(15)7-17-18)12(16)9-5-4-6-10(14)8(9)2/h4-7,12H,3,16H2,1-2H3. The van der Waals surface area contributed by atoms with Crippen LogP contribution in [0.3, 0.4) is 0 Å². The van der Waals surface area contributed by atoms with Crippen molar-refractivity contribution in [3.63, 3.8) is 0 Å². The SMILES string of the molecule is CCn1ncc(Br)c1C(N)c1cccc(Br)c1C. The van der Waals surface area contributed by atoms with Gasteiger partial charge in [-0.25, -0.2) is 0 Å². The Morgan fingerprint density at radius 2 is 2.06 bits per heavy atom. The van der Waals surface area contributed by atoms with Crippen molar-refractivity contribution in [2.24, 2.45) is 5.73 Å².